The fourth-order valence-electron chi connectivity index (χ4n) is 1.35. The van der Waals surface area contributed by atoms with E-state index in [9.17, 15) is 4.79 Å². The van der Waals surface area contributed by atoms with Crippen LogP contribution < -0.4 is 4.74 Å². The van der Waals surface area contributed by atoms with Crippen LogP contribution in [-0.2, 0) is 4.79 Å². The number of carbonyl (C=O) groups is 1. The Balaban J connectivity index is 2.92. The third kappa shape index (κ3) is 3.74. The van der Waals surface area contributed by atoms with E-state index in [-0.39, 0.29) is 11.2 Å². The Labute approximate surface area is 103 Å². The topological polar surface area (TPSA) is 26.3 Å². The summed E-state index contributed by atoms with van der Waals surface area (Å²) in [5.74, 6) is 0.967. The minimum absolute atomic E-state index is 0.144. The van der Waals surface area contributed by atoms with Crippen molar-refractivity contribution in [2.24, 2.45) is 5.41 Å². The summed E-state index contributed by atoms with van der Waals surface area (Å²) in [5.41, 5.74) is 1.70. The zero-order valence-corrected chi connectivity index (χ0v) is 11.2. The molecule has 17 heavy (non-hydrogen) atoms. The van der Waals surface area contributed by atoms with Crippen LogP contribution in [0.15, 0.2) is 30.3 Å². The molecule has 0 heterocycles. The van der Waals surface area contributed by atoms with E-state index in [1.165, 1.54) is 0 Å². The second-order valence-electron chi connectivity index (χ2n) is 5.17. The Hall–Kier alpha value is -1.57. The molecule has 0 radical (unpaired) electrons. The lowest BCUT2D eigenvalue weighted by Crippen LogP contribution is -2.17. The van der Waals surface area contributed by atoms with Crippen LogP contribution >= 0.6 is 0 Å². The molecule has 1 aromatic carbocycles. The molecule has 0 fully saturated rings. The van der Waals surface area contributed by atoms with Crippen LogP contribution in [0.3, 0.4) is 0 Å². The Bertz CT molecular complexity index is 419. The van der Waals surface area contributed by atoms with Crippen molar-refractivity contribution in [2.75, 3.05) is 7.11 Å². The lowest BCUT2D eigenvalue weighted by molar-refractivity contribution is -0.121. The first kappa shape index (κ1) is 13.5. The summed E-state index contributed by atoms with van der Waals surface area (Å²) < 4.78 is 5.10. The Morgan fingerprint density at radius 2 is 1.71 bits per heavy atom. The zero-order chi connectivity index (χ0) is 13.1. The van der Waals surface area contributed by atoms with Gasteiger partial charge in [0, 0.05) is 5.41 Å². The normalized spacial score (nSPS) is 12.4. The van der Waals surface area contributed by atoms with Gasteiger partial charge in [0.05, 0.1) is 7.11 Å². The lowest BCUT2D eigenvalue weighted by Gasteiger charge is -2.14. The fourth-order valence-corrected chi connectivity index (χ4v) is 1.35. The average Bonchev–Trinajstić information content (AvgIpc) is 2.27. The summed E-state index contributed by atoms with van der Waals surface area (Å²) in [6.07, 6.45) is 1.71. The van der Waals surface area contributed by atoms with Crippen molar-refractivity contribution in [2.45, 2.75) is 27.7 Å². The molecule has 92 valence electrons. The molecule has 0 unspecified atom stereocenters. The van der Waals surface area contributed by atoms with Gasteiger partial charge in [-0.2, -0.15) is 0 Å². The summed E-state index contributed by atoms with van der Waals surface area (Å²) >= 11 is 0. The summed E-state index contributed by atoms with van der Waals surface area (Å²) in [6.45, 7) is 7.72. The van der Waals surface area contributed by atoms with Crippen molar-refractivity contribution >= 4 is 11.4 Å². The van der Waals surface area contributed by atoms with Crippen LogP contribution in [0.25, 0.3) is 5.57 Å². The van der Waals surface area contributed by atoms with Gasteiger partial charge in [0.15, 0.2) is 5.78 Å². The van der Waals surface area contributed by atoms with Crippen molar-refractivity contribution in [3.8, 4) is 5.75 Å². The van der Waals surface area contributed by atoms with Crippen molar-refractivity contribution in [3.63, 3.8) is 0 Å². The second-order valence-corrected chi connectivity index (χ2v) is 5.17. The largest absolute Gasteiger partial charge is 0.497 e. The molecule has 0 aliphatic carbocycles. The summed E-state index contributed by atoms with van der Waals surface area (Å²) in [4.78, 5) is 11.9. The SMILES string of the molecule is COc1ccc(/C(C)=C\C(=O)C(C)(C)C)cc1. The molecule has 1 aromatic rings. The molecule has 0 spiro atoms. The predicted molar refractivity (Wildman–Crippen MR) is 71.1 cm³/mol. The maximum absolute atomic E-state index is 11.9. The first-order valence-corrected chi connectivity index (χ1v) is 5.72. The van der Waals surface area contributed by atoms with Crippen LogP contribution in [-0.4, -0.2) is 12.9 Å². The van der Waals surface area contributed by atoms with Crippen LogP contribution in [0, 0.1) is 5.41 Å². The van der Waals surface area contributed by atoms with Gasteiger partial charge in [0.25, 0.3) is 0 Å². The number of ether oxygens (including phenoxy) is 1. The zero-order valence-electron chi connectivity index (χ0n) is 11.2. The van der Waals surface area contributed by atoms with Gasteiger partial charge in [0.1, 0.15) is 5.75 Å². The highest BCUT2D eigenvalue weighted by Gasteiger charge is 2.18. The van der Waals surface area contributed by atoms with Gasteiger partial charge in [-0.3, -0.25) is 4.79 Å². The van der Waals surface area contributed by atoms with Crippen molar-refractivity contribution in [3.05, 3.63) is 35.9 Å². The molecular formula is C15H20O2. The molecule has 1 rings (SSSR count). The van der Waals surface area contributed by atoms with Gasteiger partial charge >= 0.3 is 0 Å². The van der Waals surface area contributed by atoms with Crippen molar-refractivity contribution < 1.29 is 9.53 Å². The summed E-state index contributed by atoms with van der Waals surface area (Å²) in [5, 5.41) is 0. The van der Waals surface area contributed by atoms with E-state index in [0.29, 0.717) is 0 Å². The number of methoxy groups -OCH3 is 1. The number of rotatable bonds is 3. The number of benzene rings is 1. The lowest BCUT2D eigenvalue weighted by atomic mass is 9.89. The van der Waals surface area contributed by atoms with Gasteiger partial charge in [-0.1, -0.05) is 32.9 Å². The molecule has 0 saturated heterocycles. The Kier molecular flexibility index (Phi) is 4.11. The number of allylic oxidation sites excluding steroid dienone is 2. The maximum atomic E-state index is 11.9. The minimum atomic E-state index is -0.326. The highest BCUT2D eigenvalue weighted by molar-refractivity contribution is 5.99. The van der Waals surface area contributed by atoms with E-state index in [4.69, 9.17) is 4.74 Å². The van der Waals surface area contributed by atoms with E-state index in [1.54, 1.807) is 13.2 Å². The average molecular weight is 232 g/mol. The number of ketones is 1. The number of hydrogen-bond acceptors (Lipinski definition) is 2. The fraction of sp³-hybridized carbons (Fsp3) is 0.400. The molecule has 0 amide bonds. The van der Waals surface area contributed by atoms with Gasteiger partial charge in [0.2, 0.25) is 0 Å². The van der Waals surface area contributed by atoms with Gasteiger partial charge in [-0.25, -0.2) is 0 Å². The Morgan fingerprint density at radius 1 is 1.18 bits per heavy atom. The molecule has 2 nitrogen and oxygen atoms in total. The molecule has 0 bridgehead atoms. The molecule has 0 aromatic heterocycles. The predicted octanol–water partition coefficient (Wildman–Crippen LogP) is 3.71. The van der Waals surface area contributed by atoms with E-state index >= 15 is 0 Å². The standard InChI is InChI=1S/C15H20O2/c1-11(10-14(16)15(2,3)4)12-6-8-13(17-5)9-7-12/h6-10H,1-5H3/b11-10-. The highest BCUT2D eigenvalue weighted by atomic mass is 16.5. The van der Waals surface area contributed by atoms with E-state index in [1.807, 2.05) is 52.0 Å². The second kappa shape index (κ2) is 5.17. The van der Waals surface area contributed by atoms with Gasteiger partial charge in [-0.15, -0.1) is 0 Å². The van der Waals surface area contributed by atoms with Crippen LogP contribution in [0.4, 0.5) is 0 Å². The highest BCUT2D eigenvalue weighted by Crippen LogP contribution is 2.21. The molecule has 2 heteroatoms. The smallest absolute Gasteiger partial charge is 0.161 e. The quantitative estimate of drug-likeness (QED) is 0.742. The van der Waals surface area contributed by atoms with Crippen LogP contribution in [0.2, 0.25) is 0 Å². The minimum Gasteiger partial charge on any atom is -0.497 e. The first-order valence-electron chi connectivity index (χ1n) is 5.72. The number of hydrogen-bond donors (Lipinski definition) is 0. The van der Waals surface area contributed by atoms with E-state index < -0.39 is 0 Å². The molecule has 0 aliphatic rings. The molecule has 0 atom stereocenters. The third-order valence-electron chi connectivity index (χ3n) is 2.63. The van der Waals surface area contributed by atoms with Gasteiger partial charge in [-0.05, 0) is 36.3 Å². The van der Waals surface area contributed by atoms with E-state index in [2.05, 4.69) is 0 Å². The maximum Gasteiger partial charge on any atom is 0.161 e. The molecular weight excluding hydrogens is 212 g/mol. The third-order valence-corrected chi connectivity index (χ3v) is 2.63. The first-order chi connectivity index (χ1) is 7.84. The summed E-state index contributed by atoms with van der Waals surface area (Å²) in [6, 6.07) is 7.71. The van der Waals surface area contributed by atoms with Crippen LogP contribution in [0.1, 0.15) is 33.3 Å². The van der Waals surface area contributed by atoms with Crippen LogP contribution in [0.5, 0.6) is 5.75 Å². The number of carbonyl (C=O) groups excluding carboxylic acids is 1. The van der Waals surface area contributed by atoms with Gasteiger partial charge < -0.3 is 4.74 Å². The van der Waals surface area contributed by atoms with Crippen molar-refractivity contribution in [1.29, 1.82) is 0 Å². The monoisotopic (exact) mass is 232 g/mol. The Morgan fingerprint density at radius 3 is 2.12 bits per heavy atom. The van der Waals surface area contributed by atoms with E-state index in [0.717, 1.165) is 16.9 Å². The summed E-state index contributed by atoms with van der Waals surface area (Å²) in [7, 11) is 1.64. The molecule has 0 aliphatic heterocycles. The molecule has 0 N–H and O–H groups in total. The molecule has 0 saturated carbocycles. The van der Waals surface area contributed by atoms with Crippen molar-refractivity contribution in [1.82, 2.24) is 0 Å².